The van der Waals surface area contributed by atoms with Crippen LogP contribution in [0.15, 0.2) is 36.4 Å². The van der Waals surface area contributed by atoms with Gasteiger partial charge in [0.1, 0.15) is 0 Å². The molecule has 2 atom stereocenters. The maximum atomic E-state index is 6.39. The van der Waals surface area contributed by atoms with Crippen LogP contribution in [0.3, 0.4) is 0 Å². The molecule has 24 heavy (non-hydrogen) atoms. The predicted octanol–water partition coefficient (Wildman–Crippen LogP) is 4.32. The molecule has 3 rings (SSSR count). The summed E-state index contributed by atoms with van der Waals surface area (Å²) in [5.74, 6) is 0.623. The van der Waals surface area contributed by atoms with Gasteiger partial charge >= 0.3 is 0 Å². The van der Waals surface area contributed by atoms with Crippen molar-refractivity contribution in [1.82, 2.24) is 0 Å². The first-order chi connectivity index (χ1) is 11.4. The number of nitrogens with zero attached hydrogens (tertiary/aromatic N) is 1. The fourth-order valence-corrected chi connectivity index (χ4v) is 3.79. The largest absolute Gasteiger partial charge is 0.370 e. The van der Waals surface area contributed by atoms with Gasteiger partial charge in [0, 0.05) is 24.8 Å². The summed E-state index contributed by atoms with van der Waals surface area (Å²) in [6, 6.07) is 13.9. The van der Waals surface area contributed by atoms with Gasteiger partial charge in [-0.15, -0.1) is 0 Å². The van der Waals surface area contributed by atoms with Crippen LogP contribution in [-0.4, -0.2) is 19.1 Å². The number of anilines is 1. The van der Waals surface area contributed by atoms with E-state index in [0.717, 1.165) is 25.9 Å². The van der Waals surface area contributed by atoms with Crippen LogP contribution in [0.1, 0.15) is 34.2 Å². The quantitative estimate of drug-likeness (QED) is 0.912. The molecule has 1 heterocycles. The van der Waals surface area contributed by atoms with Crippen LogP contribution in [0.5, 0.6) is 0 Å². The number of nitrogens with two attached hydrogens (primary N) is 1. The average Bonchev–Trinajstić information content (AvgIpc) is 2.53. The molecule has 2 heteroatoms. The van der Waals surface area contributed by atoms with Crippen LogP contribution < -0.4 is 10.6 Å². The molecule has 2 N–H and O–H groups in total. The van der Waals surface area contributed by atoms with Crippen molar-refractivity contribution in [2.75, 3.05) is 18.0 Å². The third-order valence-electron chi connectivity index (χ3n) is 5.52. The molecule has 1 saturated heterocycles. The second kappa shape index (κ2) is 6.98. The van der Waals surface area contributed by atoms with Crippen molar-refractivity contribution in [3.8, 4) is 0 Å². The smallest absolute Gasteiger partial charge is 0.0369 e. The van der Waals surface area contributed by atoms with E-state index in [1.54, 1.807) is 0 Å². The average molecular weight is 322 g/mol. The Hall–Kier alpha value is -1.80. The maximum Gasteiger partial charge on any atom is 0.0369 e. The summed E-state index contributed by atoms with van der Waals surface area (Å²) in [5.41, 5.74) is 14.6. The number of aryl methyl sites for hydroxylation is 4. The van der Waals surface area contributed by atoms with Crippen LogP contribution >= 0.6 is 0 Å². The lowest BCUT2D eigenvalue weighted by Crippen LogP contribution is -2.47. The van der Waals surface area contributed by atoms with Gasteiger partial charge in [-0.3, -0.25) is 0 Å². The van der Waals surface area contributed by atoms with Crippen molar-refractivity contribution in [2.45, 2.75) is 46.6 Å². The molecular weight excluding hydrogens is 292 g/mol. The van der Waals surface area contributed by atoms with Gasteiger partial charge in [-0.2, -0.15) is 0 Å². The maximum absolute atomic E-state index is 6.39. The van der Waals surface area contributed by atoms with Gasteiger partial charge < -0.3 is 10.6 Å². The van der Waals surface area contributed by atoms with E-state index in [1.165, 1.54) is 33.5 Å². The summed E-state index contributed by atoms with van der Waals surface area (Å²) in [6.07, 6.45) is 2.24. The molecule has 0 aliphatic carbocycles. The molecule has 1 aliphatic heterocycles. The van der Waals surface area contributed by atoms with E-state index >= 15 is 0 Å². The van der Waals surface area contributed by atoms with Crippen molar-refractivity contribution in [2.24, 2.45) is 11.7 Å². The van der Waals surface area contributed by atoms with Crippen LogP contribution in [-0.2, 0) is 6.42 Å². The molecule has 0 radical (unpaired) electrons. The highest BCUT2D eigenvalue weighted by Crippen LogP contribution is 2.27. The number of hydrogen-bond donors (Lipinski definition) is 1. The molecule has 0 bridgehead atoms. The Bertz CT molecular complexity index is 720. The topological polar surface area (TPSA) is 29.3 Å². The summed E-state index contributed by atoms with van der Waals surface area (Å²) in [4.78, 5) is 2.48. The standard InChI is InChI=1S/C22H30N2/c1-15-5-7-19(9-17(15)3)11-20-12-21(23)14-24(13-20)22-8-6-16(2)18(4)10-22/h5-10,20-21H,11-14,23H2,1-4H3. The second-order valence-corrected chi connectivity index (χ2v) is 7.66. The Labute approximate surface area is 146 Å². The summed E-state index contributed by atoms with van der Waals surface area (Å²) in [5, 5.41) is 0. The van der Waals surface area contributed by atoms with Gasteiger partial charge in [-0.05, 0) is 86.4 Å². The molecule has 128 valence electrons. The van der Waals surface area contributed by atoms with Crippen molar-refractivity contribution in [3.63, 3.8) is 0 Å². The van der Waals surface area contributed by atoms with Crippen LogP contribution in [0.2, 0.25) is 0 Å². The fraction of sp³-hybridized carbons (Fsp3) is 0.455. The van der Waals surface area contributed by atoms with E-state index in [9.17, 15) is 0 Å². The van der Waals surface area contributed by atoms with Crippen molar-refractivity contribution >= 4 is 5.69 Å². The number of rotatable bonds is 3. The van der Waals surface area contributed by atoms with Crippen LogP contribution in [0.4, 0.5) is 5.69 Å². The first-order valence-electron chi connectivity index (χ1n) is 9.06. The fourth-order valence-electron chi connectivity index (χ4n) is 3.79. The zero-order valence-corrected chi connectivity index (χ0v) is 15.5. The Balaban J connectivity index is 1.75. The van der Waals surface area contributed by atoms with E-state index < -0.39 is 0 Å². The van der Waals surface area contributed by atoms with E-state index in [2.05, 4.69) is 69.0 Å². The second-order valence-electron chi connectivity index (χ2n) is 7.66. The van der Waals surface area contributed by atoms with Crippen molar-refractivity contribution in [1.29, 1.82) is 0 Å². The molecule has 2 aromatic rings. The molecule has 1 fully saturated rings. The molecule has 1 aliphatic rings. The molecule has 2 aromatic carbocycles. The molecular formula is C22H30N2. The Morgan fingerprint density at radius 3 is 2.21 bits per heavy atom. The SMILES string of the molecule is Cc1ccc(CC2CC(N)CN(c3ccc(C)c(C)c3)C2)cc1C. The molecule has 0 aromatic heterocycles. The van der Waals surface area contributed by atoms with Gasteiger partial charge in [0.25, 0.3) is 0 Å². The van der Waals surface area contributed by atoms with Gasteiger partial charge in [0.05, 0.1) is 0 Å². The van der Waals surface area contributed by atoms with Gasteiger partial charge in [0.15, 0.2) is 0 Å². The van der Waals surface area contributed by atoms with Gasteiger partial charge in [0.2, 0.25) is 0 Å². The van der Waals surface area contributed by atoms with Gasteiger partial charge in [-0.1, -0.05) is 24.3 Å². The van der Waals surface area contributed by atoms with Crippen molar-refractivity contribution < 1.29 is 0 Å². The number of piperidine rings is 1. The minimum absolute atomic E-state index is 0.261. The molecule has 0 saturated carbocycles. The molecule has 0 amide bonds. The highest BCUT2D eigenvalue weighted by molar-refractivity contribution is 5.51. The van der Waals surface area contributed by atoms with Crippen molar-refractivity contribution in [3.05, 3.63) is 64.2 Å². The lowest BCUT2D eigenvalue weighted by atomic mass is 9.88. The highest BCUT2D eigenvalue weighted by atomic mass is 15.2. The third kappa shape index (κ3) is 3.81. The Morgan fingerprint density at radius 2 is 1.54 bits per heavy atom. The summed E-state index contributed by atoms with van der Waals surface area (Å²) < 4.78 is 0. The number of hydrogen-bond acceptors (Lipinski definition) is 2. The normalized spacial score (nSPS) is 21.1. The number of benzene rings is 2. The van der Waals surface area contributed by atoms with E-state index in [-0.39, 0.29) is 6.04 Å². The van der Waals surface area contributed by atoms with Gasteiger partial charge in [-0.25, -0.2) is 0 Å². The molecule has 2 unspecified atom stereocenters. The van der Waals surface area contributed by atoms with Crippen LogP contribution in [0.25, 0.3) is 0 Å². The minimum atomic E-state index is 0.261. The predicted molar refractivity (Wildman–Crippen MR) is 104 cm³/mol. The minimum Gasteiger partial charge on any atom is -0.370 e. The Kier molecular flexibility index (Phi) is 4.96. The third-order valence-corrected chi connectivity index (χ3v) is 5.52. The summed E-state index contributed by atoms with van der Waals surface area (Å²) in [6.45, 7) is 10.8. The Morgan fingerprint density at radius 1 is 0.875 bits per heavy atom. The van der Waals surface area contributed by atoms with Crippen LogP contribution in [0, 0.1) is 33.6 Å². The monoisotopic (exact) mass is 322 g/mol. The van der Waals surface area contributed by atoms with E-state index in [1.807, 2.05) is 0 Å². The summed E-state index contributed by atoms with van der Waals surface area (Å²) in [7, 11) is 0. The lowest BCUT2D eigenvalue weighted by molar-refractivity contribution is 0.374. The molecule has 0 spiro atoms. The molecule has 2 nitrogen and oxygen atoms in total. The van der Waals surface area contributed by atoms with E-state index in [0.29, 0.717) is 5.92 Å². The zero-order chi connectivity index (χ0) is 17.3. The summed E-state index contributed by atoms with van der Waals surface area (Å²) >= 11 is 0. The van der Waals surface area contributed by atoms with E-state index in [4.69, 9.17) is 5.73 Å². The zero-order valence-electron chi connectivity index (χ0n) is 15.5. The lowest BCUT2D eigenvalue weighted by Gasteiger charge is -2.38. The highest BCUT2D eigenvalue weighted by Gasteiger charge is 2.25. The first kappa shape index (κ1) is 17.0. The first-order valence-corrected chi connectivity index (χ1v) is 9.06.